The van der Waals surface area contributed by atoms with Gasteiger partial charge in [0.25, 0.3) is 0 Å². The Morgan fingerprint density at radius 3 is 2.25 bits per heavy atom. The van der Waals surface area contributed by atoms with Crippen molar-refractivity contribution >= 4 is 0 Å². The summed E-state index contributed by atoms with van der Waals surface area (Å²) in [5, 5.41) is 3.15. The number of nitrogens with one attached hydrogen (secondary N) is 1. The molecule has 0 fully saturated rings. The van der Waals surface area contributed by atoms with Crippen molar-refractivity contribution in [3.63, 3.8) is 0 Å². The summed E-state index contributed by atoms with van der Waals surface area (Å²) in [5.41, 5.74) is 3.82. The van der Waals surface area contributed by atoms with E-state index < -0.39 is 0 Å². The van der Waals surface area contributed by atoms with Gasteiger partial charge in [-0.25, -0.2) is 0 Å². The summed E-state index contributed by atoms with van der Waals surface area (Å²) in [6.07, 6.45) is 0. The van der Waals surface area contributed by atoms with Crippen molar-refractivity contribution in [2.24, 2.45) is 0 Å². The van der Waals surface area contributed by atoms with Crippen molar-refractivity contribution in [2.75, 3.05) is 6.54 Å². The van der Waals surface area contributed by atoms with Crippen LogP contribution in [0.25, 0.3) is 0 Å². The lowest BCUT2D eigenvalue weighted by Crippen LogP contribution is -2.05. The summed E-state index contributed by atoms with van der Waals surface area (Å²) in [6.45, 7) is 9.03. The standard InChI is InChI=1S/C7H11N/c1-5-4-8-7(3)6(5)2/h8H,3-4H2,1-2H3. The Kier molecular flexibility index (Phi) is 1.12. The highest BCUT2D eigenvalue weighted by Gasteiger charge is 2.07. The molecule has 0 radical (unpaired) electrons. The van der Waals surface area contributed by atoms with Gasteiger partial charge in [-0.15, -0.1) is 0 Å². The minimum atomic E-state index is 0.991. The molecule has 0 bridgehead atoms. The van der Waals surface area contributed by atoms with Crippen molar-refractivity contribution in [1.29, 1.82) is 0 Å². The van der Waals surface area contributed by atoms with Crippen molar-refractivity contribution in [3.8, 4) is 0 Å². The van der Waals surface area contributed by atoms with Crippen LogP contribution in [0.15, 0.2) is 23.4 Å². The molecule has 1 rings (SSSR count). The SMILES string of the molecule is C=C1NCC(C)=C1C. The van der Waals surface area contributed by atoms with Gasteiger partial charge in [0.1, 0.15) is 0 Å². The molecule has 1 aliphatic heterocycles. The van der Waals surface area contributed by atoms with Gasteiger partial charge in [-0.2, -0.15) is 0 Å². The molecule has 0 aliphatic carbocycles. The first kappa shape index (κ1) is 5.42. The highest BCUT2D eigenvalue weighted by molar-refractivity contribution is 5.35. The summed E-state index contributed by atoms with van der Waals surface area (Å²) in [5.74, 6) is 0. The fourth-order valence-electron chi connectivity index (χ4n) is 0.762. The third-order valence-electron chi connectivity index (χ3n) is 1.66. The van der Waals surface area contributed by atoms with E-state index in [-0.39, 0.29) is 0 Å². The second-order valence-corrected chi connectivity index (χ2v) is 2.24. The molecule has 1 heterocycles. The van der Waals surface area contributed by atoms with Crippen molar-refractivity contribution in [1.82, 2.24) is 5.32 Å². The average molecular weight is 109 g/mol. The van der Waals surface area contributed by atoms with Crippen LogP contribution in [0.5, 0.6) is 0 Å². The Labute approximate surface area is 50.1 Å². The van der Waals surface area contributed by atoms with Crippen LogP contribution in [-0.2, 0) is 0 Å². The van der Waals surface area contributed by atoms with Gasteiger partial charge in [0.05, 0.1) is 0 Å². The number of rotatable bonds is 0. The van der Waals surface area contributed by atoms with Crippen LogP contribution in [0.1, 0.15) is 13.8 Å². The lowest BCUT2D eigenvalue weighted by Gasteiger charge is -1.93. The Hall–Kier alpha value is -0.720. The molecule has 1 heteroatoms. The lowest BCUT2D eigenvalue weighted by molar-refractivity contribution is 0.953. The predicted molar refractivity (Wildman–Crippen MR) is 35.5 cm³/mol. The smallest absolute Gasteiger partial charge is 0.0363 e. The van der Waals surface area contributed by atoms with Crippen LogP contribution < -0.4 is 5.32 Å². The van der Waals surface area contributed by atoms with Gasteiger partial charge in [0, 0.05) is 12.2 Å². The van der Waals surface area contributed by atoms with Gasteiger partial charge in [-0.3, -0.25) is 0 Å². The molecule has 8 heavy (non-hydrogen) atoms. The maximum Gasteiger partial charge on any atom is 0.0363 e. The Morgan fingerprint density at radius 1 is 1.50 bits per heavy atom. The number of hydrogen-bond acceptors (Lipinski definition) is 1. The van der Waals surface area contributed by atoms with Crippen LogP contribution in [-0.4, -0.2) is 6.54 Å². The van der Waals surface area contributed by atoms with Crippen molar-refractivity contribution in [3.05, 3.63) is 23.4 Å². The number of allylic oxidation sites excluding steroid dienone is 1. The Balaban J connectivity index is 2.86. The molecular formula is C7H11N. The van der Waals surface area contributed by atoms with E-state index in [1.54, 1.807) is 0 Å². The third kappa shape index (κ3) is 0.641. The molecule has 0 aromatic carbocycles. The largest absolute Gasteiger partial charge is 0.382 e. The van der Waals surface area contributed by atoms with E-state index in [1.165, 1.54) is 11.1 Å². The summed E-state index contributed by atoms with van der Waals surface area (Å²) < 4.78 is 0. The van der Waals surface area contributed by atoms with E-state index in [1.807, 2.05) is 0 Å². The van der Waals surface area contributed by atoms with Gasteiger partial charge >= 0.3 is 0 Å². The molecular weight excluding hydrogens is 98.1 g/mol. The van der Waals surface area contributed by atoms with Gasteiger partial charge in [0.15, 0.2) is 0 Å². The van der Waals surface area contributed by atoms with Crippen molar-refractivity contribution < 1.29 is 0 Å². The van der Waals surface area contributed by atoms with Crippen LogP contribution in [0.2, 0.25) is 0 Å². The monoisotopic (exact) mass is 109 g/mol. The van der Waals surface area contributed by atoms with Crippen LogP contribution >= 0.6 is 0 Å². The molecule has 0 atom stereocenters. The van der Waals surface area contributed by atoms with Crippen LogP contribution in [0.4, 0.5) is 0 Å². The molecule has 44 valence electrons. The molecule has 1 nitrogen and oxygen atoms in total. The Morgan fingerprint density at radius 2 is 2.12 bits per heavy atom. The second-order valence-electron chi connectivity index (χ2n) is 2.24. The maximum absolute atomic E-state index is 3.82. The zero-order valence-electron chi connectivity index (χ0n) is 5.41. The molecule has 1 N–H and O–H groups in total. The normalized spacial score (nSPS) is 19.5. The third-order valence-corrected chi connectivity index (χ3v) is 1.66. The first-order valence-corrected chi connectivity index (χ1v) is 2.81. The molecule has 0 unspecified atom stereocenters. The van der Waals surface area contributed by atoms with E-state index in [0.29, 0.717) is 0 Å². The first-order valence-electron chi connectivity index (χ1n) is 2.81. The van der Waals surface area contributed by atoms with Gasteiger partial charge in [-0.1, -0.05) is 6.58 Å². The summed E-state index contributed by atoms with van der Waals surface area (Å²) >= 11 is 0. The van der Waals surface area contributed by atoms with E-state index in [9.17, 15) is 0 Å². The zero-order chi connectivity index (χ0) is 6.15. The molecule has 0 spiro atoms. The number of hydrogen-bond donors (Lipinski definition) is 1. The van der Waals surface area contributed by atoms with Crippen LogP contribution in [0, 0.1) is 0 Å². The fraction of sp³-hybridized carbons (Fsp3) is 0.429. The van der Waals surface area contributed by atoms with Crippen molar-refractivity contribution in [2.45, 2.75) is 13.8 Å². The molecule has 0 saturated heterocycles. The van der Waals surface area contributed by atoms with Gasteiger partial charge in [-0.05, 0) is 25.0 Å². The maximum atomic E-state index is 3.82. The minimum absolute atomic E-state index is 0.991. The van der Waals surface area contributed by atoms with E-state index in [4.69, 9.17) is 0 Å². The average Bonchev–Trinajstić information content (AvgIpc) is 1.98. The highest BCUT2D eigenvalue weighted by atomic mass is 14.9. The highest BCUT2D eigenvalue weighted by Crippen LogP contribution is 2.15. The topological polar surface area (TPSA) is 12.0 Å². The molecule has 0 saturated carbocycles. The summed E-state index contributed by atoms with van der Waals surface area (Å²) in [4.78, 5) is 0. The quantitative estimate of drug-likeness (QED) is 0.496. The van der Waals surface area contributed by atoms with E-state index in [0.717, 1.165) is 12.2 Å². The van der Waals surface area contributed by atoms with Crippen LogP contribution in [0.3, 0.4) is 0 Å². The molecule has 1 aliphatic rings. The summed E-state index contributed by atoms with van der Waals surface area (Å²) in [6, 6.07) is 0. The van der Waals surface area contributed by atoms with Gasteiger partial charge in [0.2, 0.25) is 0 Å². The fourth-order valence-corrected chi connectivity index (χ4v) is 0.762. The minimum Gasteiger partial charge on any atom is -0.382 e. The molecule has 0 aromatic heterocycles. The second kappa shape index (κ2) is 1.66. The predicted octanol–water partition coefficient (Wildman–Crippen LogP) is 1.44. The van der Waals surface area contributed by atoms with E-state index >= 15 is 0 Å². The molecule has 0 amide bonds. The lowest BCUT2D eigenvalue weighted by atomic mass is 10.2. The Bertz CT molecular complexity index is 154. The zero-order valence-corrected chi connectivity index (χ0v) is 5.41. The van der Waals surface area contributed by atoms with Gasteiger partial charge < -0.3 is 5.32 Å². The summed E-state index contributed by atoms with van der Waals surface area (Å²) in [7, 11) is 0. The molecule has 0 aromatic rings. The van der Waals surface area contributed by atoms with E-state index in [2.05, 4.69) is 25.7 Å². The first-order chi connectivity index (χ1) is 3.72.